The van der Waals surface area contributed by atoms with E-state index in [1.165, 1.54) is 83.5 Å². The van der Waals surface area contributed by atoms with Gasteiger partial charge in [0.25, 0.3) is 0 Å². The van der Waals surface area contributed by atoms with Gasteiger partial charge in [-0.3, -0.25) is 14.4 Å². The van der Waals surface area contributed by atoms with Crippen molar-refractivity contribution in [3.63, 3.8) is 0 Å². The molecule has 0 saturated heterocycles. The van der Waals surface area contributed by atoms with Crippen LogP contribution >= 0.6 is 0 Å². The summed E-state index contributed by atoms with van der Waals surface area (Å²) in [6.45, 7) is 6.44. The summed E-state index contributed by atoms with van der Waals surface area (Å²) in [5, 5.41) is 0. The summed E-state index contributed by atoms with van der Waals surface area (Å²) in [7, 11) is 0. The largest absolute Gasteiger partial charge is 0.462 e. The van der Waals surface area contributed by atoms with Crippen LogP contribution in [0.5, 0.6) is 0 Å². The van der Waals surface area contributed by atoms with E-state index in [1.54, 1.807) is 0 Å². The highest BCUT2D eigenvalue weighted by Gasteiger charge is 2.19. The molecule has 0 bridgehead atoms. The van der Waals surface area contributed by atoms with Gasteiger partial charge >= 0.3 is 17.9 Å². The molecule has 328 valence electrons. The normalized spacial score (nSPS) is 12.5. The Morgan fingerprint density at radius 2 is 0.684 bits per heavy atom. The number of carbonyl (C=O) groups excluding carboxylic acids is 3. The van der Waals surface area contributed by atoms with E-state index >= 15 is 0 Å². The quantitative estimate of drug-likeness (QED) is 0.0265. The van der Waals surface area contributed by atoms with Gasteiger partial charge in [0.15, 0.2) is 6.10 Å². The zero-order valence-electron chi connectivity index (χ0n) is 37.3. The maximum atomic E-state index is 12.7. The Morgan fingerprint density at radius 1 is 0.368 bits per heavy atom. The van der Waals surface area contributed by atoms with Crippen LogP contribution in [-0.2, 0) is 28.6 Å². The van der Waals surface area contributed by atoms with Gasteiger partial charge in [0.05, 0.1) is 0 Å². The van der Waals surface area contributed by atoms with Gasteiger partial charge in [0.1, 0.15) is 13.2 Å². The number of rotatable bonds is 42. The van der Waals surface area contributed by atoms with E-state index in [1.807, 2.05) is 0 Å². The monoisotopic (exact) mass is 797 g/mol. The lowest BCUT2D eigenvalue weighted by molar-refractivity contribution is -0.167. The van der Waals surface area contributed by atoms with Crippen LogP contribution in [0.4, 0.5) is 0 Å². The summed E-state index contributed by atoms with van der Waals surface area (Å²) in [5.41, 5.74) is 0. The lowest BCUT2D eigenvalue weighted by atomic mass is 10.1. The van der Waals surface area contributed by atoms with E-state index in [4.69, 9.17) is 14.2 Å². The van der Waals surface area contributed by atoms with Crippen molar-refractivity contribution in [2.75, 3.05) is 13.2 Å². The third-order valence-electron chi connectivity index (χ3n) is 10.0. The van der Waals surface area contributed by atoms with Crippen molar-refractivity contribution in [3.05, 3.63) is 60.8 Å². The summed E-state index contributed by atoms with van der Waals surface area (Å²) in [6.07, 6.45) is 54.8. The number of unbranched alkanes of at least 4 members (excludes halogenated alkanes) is 21. The van der Waals surface area contributed by atoms with Crippen molar-refractivity contribution < 1.29 is 28.6 Å². The lowest BCUT2D eigenvalue weighted by Crippen LogP contribution is -2.30. The van der Waals surface area contributed by atoms with Crippen molar-refractivity contribution in [1.29, 1.82) is 0 Å². The van der Waals surface area contributed by atoms with E-state index in [2.05, 4.69) is 81.5 Å². The average molecular weight is 797 g/mol. The third kappa shape index (κ3) is 44.1. The van der Waals surface area contributed by atoms with Gasteiger partial charge in [-0.25, -0.2) is 0 Å². The molecule has 0 aromatic rings. The molecular formula is C51H88O6. The highest BCUT2D eigenvalue weighted by Crippen LogP contribution is 2.14. The minimum Gasteiger partial charge on any atom is -0.462 e. The number of allylic oxidation sites excluding steroid dienone is 10. The fourth-order valence-corrected chi connectivity index (χ4v) is 6.43. The van der Waals surface area contributed by atoms with E-state index in [0.29, 0.717) is 19.3 Å². The molecule has 0 amide bonds. The molecule has 1 atom stereocenters. The molecule has 0 N–H and O–H groups in total. The van der Waals surface area contributed by atoms with Crippen molar-refractivity contribution in [3.8, 4) is 0 Å². The second-order valence-corrected chi connectivity index (χ2v) is 15.6. The summed E-state index contributed by atoms with van der Waals surface area (Å²) < 4.78 is 16.7. The Balaban J connectivity index is 4.44. The summed E-state index contributed by atoms with van der Waals surface area (Å²) in [4.78, 5) is 37.8. The van der Waals surface area contributed by atoms with Crippen molar-refractivity contribution >= 4 is 17.9 Å². The molecule has 0 saturated carbocycles. The van der Waals surface area contributed by atoms with Crippen LogP contribution in [0, 0.1) is 0 Å². The fourth-order valence-electron chi connectivity index (χ4n) is 6.43. The second-order valence-electron chi connectivity index (χ2n) is 15.6. The Labute approximate surface area is 351 Å². The zero-order valence-corrected chi connectivity index (χ0v) is 37.3. The molecule has 0 rings (SSSR count). The first-order valence-corrected chi connectivity index (χ1v) is 23.8. The van der Waals surface area contributed by atoms with Gasteiger partial charge in [-0.1, -0.05) is 184 Å². The fraction of sp³-hybridized carbons (Fsp3) is 0.745. The van der Waals surface area contributed by atoms with Crippen LogP contribution in [0.2, 0.25) is 0 Å². The van der Waals surface area contributed by atoms with E-state index < -0.39 is 6.10 Å². The number of hydrogen-bond acceptors (Lipinski definition) is 6. The molecule has 57 heavy (non-hydrogen) atoms. The molecule has 0 heterocycles. The molecule has 0 aliphatic heterocycles. The van der Waals surface area contributed by atoms with Gasteiger partial charge < -0.3 is 14.2 Å². The molecule has 0 aliphatic carbocycles. The smallest absolute Gasteiger partial charge is 0.306 e. The number of esters is 3. The van der Waals surface area contributed by atoms with Crippen LogP contribution in [0.1, 0.15) is 226 Å². The van der Waals surface area contributed by atoms with Crippen molar-refractivity contribution in [2.45, 2.75) is 232 Å². The molecule has 0 spiro atoms. The Morgan fingerprint density at radius 3 is 1.12 bits per heavy atom. The van der Waals surface area contributed by atoms with E-state index in [0.717, 1.165) is 103 Å². The van der Waals surface area contributed by atoms with E-state index in [-0.39, 0.29) is 31.1 Å². The molecule has 0 aromatic carbocycles. The summed E-state index contributed by atoms with van der Waals surface area (Å²) in [6, 6.07) is 0. The Hall–Kier alpha value is -2.89. The Bertz CT molecular complexity index is 1050. The molecule has 6 heteroatoms. The van der Waals surface area contributed by atoms with Gasteiger partial charge in [0, 0.05) is 19.3 Å². The van der Waals surface area contributed by atoms with Gasteiger partial charge in [0.2, 0.25) is 0 Å². The molecular weight excluding hydrogens is 709 g/mol. The highest BCUT2D eigenvalue weighted by molar-refractivity contribution is 5.71. The maximum absolute atomic E-state index is 12.7. The molecule has 0 fully saturated rings. The maximum Gasteiger partial charge on any atom is 0.306 e. The lowest BCUT2D eigenvalue weighted by Gasteiger charge is -2.18. The van der Waals surface area contributed by atoms with Gasteiger partial charge in [-0.15, -0.1) is 0 Å². The molecule has 6 nitrogen and oxygen atoms in total. The number of carbonyl (C=O) groups is 3. The molecule has 1 unspecified atom stereocenters. The number of ether oxygens (including phenoxy) is 3. The van der Waals surface area contributed by atoms with Gasteiger partial charge in [-0.05, 0) is 83.5 Å². The molecule has 0 aromatic heterocycles. The van der Waals surface area contributed by atoms with Crippen LogP contribution in [0.3, 0.4) is 0 Å². The molecule has 0 radical (unpaired) electrons. The standard InChI is InChI=1S/C51H88O6/c1-4-7-10-13-16-19-22-24-25-27-29-32-35-38-41-44-50(53)56-47-48(46-55-49(52)43-40-37-34-31-28-21-18-15-12-9-6-3)57-51(54)45-42-39-36-33-30-26-23-20-17-14-11-8-5-2/h8,11,16-17,19-20,24-26,30,48H,4-7,9-10,12-15,18,21-23,27-29,31-47H2,1-3H3/b11-8-,19-16-,20-17-,25-24-,30-26-. The van der Waals surface area contributed by atoms with Crippen LogP contribution in [0.25, 0.3) is 0 Å². The minimum atomic E-state index is -0.791. The summed E-state index contributed by atoms with van der Waals surface area (Å²) >= 11 is 0. The van der Waals surface area contributed by atoms with Crippen LogP contribution in [0.15, 0.2) is 60.8 Å². The highest BCUT2D eigenvalue weighted by atomic mass is 16.6. The van der Waals surface area contributed by atoms with Crippen LogP contribution < -0.4 is 0 Å². The molecule has 0 aliphatic rings. The van der Waals surface area contributed by atoms with Crippen molar-refractivity contribution in [2.24, 2.45) is 0 Å². The predicted octanol–water partition coefficient (Wildman–Crippen LogP) is 15.3. The van der Waals surface area contributed by atoms with Gasteiger partial charge in [-0.2, -0.15) is 0 Å². The Kier molecular flexibility index (Phi) is 43.5. The minimum absolute atomic E-state index is 0.0896. The number of hydrogen-bond donors (Lipinski definition) is 0. The average Bonchev–Trinajstić information content (AvgIpc) is 3.21. The SMILES string of the molecule is CC/C=C\C/C=C\C/C=C\CCCCCC(=O)OC(COC(=O)CCCCCCC/C=C\C/C=C\CCCCC)COC(=O)CCCCCCCCCCCCC. The second kappa shape index (κ2) is 45.8. The summed E-state index contributed by atoms with van der Waals surface area (Å²) in [5.74, 6) is -0.935. The van der Waals surface area contributed by atoms with E-state index in [9.17, 15) is 14.4 Å². The first-order valence-electron chi connectivity index (χ1n) is 23.8. The first kappa shape index (κ1) is 54.1. The predicted molar refractivity (Wildman–Crippen MR) is 242 cm³/mol. The first-order chi connectivity index (χ1) is 28.0. The topological polar surface area (TPSA) is 78.9 Å². The third-order valence-corrected chi connectivity index (χ3v) is 10.0. The van der Waals surface area contributed by atoms with Crippen molar-refractivity contribution in [1.82, 2.24) is 0 Å². The van der Waals surface area contributed by atoms with Crippen LogP contribution in [-0.4, -0.2) is 37.2 Å². The zero-order chi connectivity index (χ0) is 41.5.